The van der Waals surface area contributed by atoms with E-state index < -0.39 is 5.91 Å². The molecule has 0 spiro atoms. The summed E-state index contributed by atoms with van der Waals surface area (Å²) in [6.45, 7) is 6.33. The van der Waals surface area contributed by atoms with Gasteiger partial charge in [0.15, 0.2) is 5.88 Å². The van der Waals surface area contributed by atoms with E-state index in [9.17, 15) is 9.59 Å². The molecule has 35 heavy (non-hydrogen) atoms. The van der Waals surface area contributed by atoms with Gasteiger partial charge in [0.05, 0.1) is 40.1 Å². The van der Waals surface area contributed by atoms with E-state index in [0.29, 0.717) is 34.4 Å². The van der Waals surface area contributed by atoms with Crippen molar-refractivity contribution in [3.8, 4) is 0 Å². The Labute approximate surface area is 210 Å². The number of hydrogen-bond acceptors (Lipinski definition) is 8. The lowest BCUT2D eigenvalue weighted by atomic mass is 10.2. The summed E-state index contributed by atoms with van der Waals surface area (Å²) in [4.78, 5) is 36.8. The molecule has 0 aromatic carbocycles. The Bertz CT molecular complexity index is 1130. The van der Waals surface area contributed by atoms with Crippen molar-refractivity contribution in [3.05, 3.63) is 63.8 Å². The topological polar surface area (TPSA) is 122 Å². The third kappa shape index (κ3) is 7.16. The Kier molecular flexibility index (Phi) is 10.5. The van der Waals surface area contributed by atoms with Gasteiger partial charge in [-0.3, -0.25) is 14.6 Å². The average molecular weight is 499 g/mol. The lowest BCUT2D eigenvalue weighted by molar-refractivity contribution is -0.111. The summed E-state index contributed by atoms with van der Waals surface area (Å²) in [5.74, 6) is -0.0191. The van der Waals surface area contributed by atoms with Gasteiger partial charge in [-0.2, -0.15) is 0 Å². The van der Waals surface area contributed by atoms with Crippen molar-refractivity contribution >= 4 is 40.0 Å². The van der Waals surface area contributed by atoms with Crippen LogP contribution in [-0.2, 0) is 9.53 Å². The molecule has 0 aliphatic carbocycles. The van der Waals surface area contributed by atoms with Gasteiger partial charge in [0.25, 0.3) is 11.8 Å². The predicted octanol–water partition coefficient (Wildman–Crippen LogP) is 3.77. The highest BCUT2D eigenvalue weighted by atomic mass is 32.1. The summed E-state index contributed by atoms with van der Waals surface area (Å²) in [5.41, 5.74) is 8.27. The molecule has 0 unspecified atom stereocenters. The number of carbonyl (C=O) groups excluding carboxylic acids is 2. The molecule has 9 nitrogen and oxygen atoms in total. The number of aromatic nitrogens is 2. The van der Waals surface area contributed by atoms with Crippen LogP contribution in [0.1, 0.15) is 52.6 Å². The smallest absolute Gasteiger partial charge is 0.260 e. The number of hydrogen-bond donors (Lipinski definition) is 3. The highest BCUT2D eigenvalue weighted by molar-refractivity contribution is 7.14. The summed E-state index contributed by atoms with van der Waals surface area (Å²) >= 11 is 1.33. The summed E-state index contributed by atoms with van der Waals surface area (Å²) in [5, 5.41) is 6.07. The molecule has 2 heterocycles. The zero-order chi connectivity index (χ0) is 26.0. The predicted molar refractivity (Wildman–Crippen MR) is 142 cm³/mol. The van der Waals surface area contributed by atoms with Gasteiger partial charge in [-0.15, -0.1) is 11.3 Å². The summed E-state index contributed by atoms with van der Waals surface area (Å²) in [6.07, 6.45) is 10.1. The standard InChI is InChI=1S/C25H34N6O3S/c1-7-9-10-18(25(34-6)31(4)5)21-15-29-24(35-21)19(13-26)23(33)30-20-12-17(14-28-16(20)3)22(32)27-11-8-2/h9-10,12-15H,7-8,11,26H2,1-6H3,(H,27,32)(H,30,33)/b10-9+,19-13-,25-18-. The molecule has 10 heteroatoms. The molecular weight excluding hydrogens is 464 g/mol. The van der Waals surface area contributed by atoms with E-state index in [0.717, 1.165) is 23.3 Å². The molecule has 0 bridgehead atoms. The second-order valence-corrected chi connectivity index (χ2v) is 8.84. The Morgan fingerprint density at radius 2 is 1.97 bits per heavy atom. The Balaban J connectivity index is 2.34. The molecule has 0 radical (unpaired) electrons. The Morgan fingerprint density at radius 3 is 2.57 bits per heavy atom. The van der Waals surface area contributed by atoms with Crippen LogP contribution in [0.2, 0.25) is 0 Å². The number of ether oxygens (including phenoxy) is 1. The first kappa shape index (κ1) is 27.6. The van der Waals surface area contributed by atoms with Crippen LogP contribution >= 0.6 is 11.3 Å². The molecule has 0 aliphatic rings. The maximum atomic E-state index is 13.1. The van der Waals surface area contributed by atoms with E-state index in [4.69, 9.17) is 10.5 Å². The van der Waals surface area contributed by atoms with Crippen LogP contribution < -0.4 is 16.4 Å². The number of nitrogens with two attached hydrogens (primary N) is 1. The van der Waals surface area contributed by atoms with Crippen LogP contribution in [0.15, 0.2) is 42.7 Å². The maximum absolute atomic E-state index is 13.1. The van der Waals surface area contributed by atoms with Gasteiger partial charge in [-0.1, -0.05) is 26.0 Å². The second-order valence-electron chi connectivity index (χ2n) is 7.80. The van der Waals surface area contributed by atoms with Crippen LogP contribution in [0.4, 0.5) is 5.69 Å². The fourth-order valence-electron chi connectivity index (χ4n) is 3.11. The normalized spacial score (nSPS) is 12.3. The number of pyridine rings is 1. The van der Waals surface area contributed by atoms with Gasteiger partial charge in [0.1, 0.15) is 5.01 Å². The first-order chi connectivity index (χ1) is 16.8. The van der Waals surface area contributed by atoms with Crippen molar-refractivity contribution in [2.45, 2.75) is 33.6 Å². The molecule has 2 aromatic heterocycles. The Hall–Kier alpha value is -3.66. The average Bonchev–Trinajstić information content (AvgIpc) is 3.31. The van der Waals surface area contributed by atoms with Gasteiger partial charge in [0, 0.05) is 39.2 Å². The molecule has 0 fully saturated rings. The van der Waals surface area contributed by atoms with Crippen LogP contribution in [0.25, 0.3) is 11.1 Å². The highest BCUT2D eigenvalue weighted by Crippen LogP contribution is 2.31. The number of carbonyl (C=O) groups is 2. The lowest BCUT2D eigenvalue weighted by Crippen LogP contribution is -2.24. The molecule has 0 aliphatic heterocycles. The lowest BCUT2D eigenvalue weighted by Gasteiger charge is -2.18. The zero-order valence-electron chi connectivity index (χ0n) is 21.1. The Morgan fingerprint density at radius 1 is 1.23 bits per heavy atom. The van der Waals surface area contributed by atoms with Crippen LogP contribution in [0.5, 0.6) is 0 Å². The van der Waals surface area contributed by atoms with Crippen LogP contribution in [0, 0.1) is 6.92 Å². The largest absolute Gasteiger partial charge is 0.482 e. The van der Waals surface area contributed by atoms with E-state index >= 15 is 0 Å². The van der Waals surface area contributed by atoms with E-state index in [1.54, 1.807) is 26.3 Å². The van der Waals surface area contributed by atoms with Gasteiger partial charge < -0.3 is 26.0 Å². The van der Waals surface area contributed by atoms with Gasteiger partial charge in [0.2, 0.25) is 0 Å². The summed E-state index contributed by atoms with van der Waals surface area (Å²) < 4.78 is 5.59. The monoisotopic (exact) mass is 498 g/mol. The van der Waals surface area contributed by atoms with Gasteiger partial charge in [-0.25, -0.2) is 4.98 Å². The second kappa shape index (κ2) is 13.3. The molecule has 0 saturated heterocycles. The van der Waals surface area contributed by atoms with E-state index in [1.807, 2.05) is 45.0 Å². The van der Waals surface area contributed by atoms with Crippen molar-refractivity contribution in [1.82, 2.24) is 20.2 Å². The SMILES string of the molecule is CC/C=C/C(=C(/OC)N(C)C)c1cnc(/C(=C\N)C(=O)Nc2cc(C(=O)NCCC)cnc2C)s1. The van der Waals surface area contributed by atoms with Crippen LogP contribution in [-0.4, -0.2) is 54.4 Å². The minimum atomic E-state index is -0.446. The number of allylic oxidation sites excluding steroid dienone is 3. The number of anilines is 1. The number of thiazole rings is 1. The number of rotatable bonds is 11. The molecule has 0 atom stereocenters. The molecule has 2 rings (SSSR count). The third-order valence-corrected chi connectivity index (χ3v) is 5.96. The minimum Gasteiger partial charge on any atom is -0.482 e. The van der Waals surface area contributed by atoms with Gasteiger partial charge in [-0.05, 0) is 25.8 Å². The van der Waals surface area contributed by atoms with E-state index in [2.05, 4.69) is 20.6 Å². The van der Waals surface area contributed by atoms with Crippen LogP contribution in [0.3, 0.4) is 0 Å². The molecule has 2 amide bonds. The first-order valence-electron chi connectivity index (χ1n) is 11.3. The van der Waals surface area contributed by atoms with Crippen molar-refractivity contribution < 1.29 is 14.3 Å². The number of amides is 2. The molecular formula is C25H34N6O3S. The number of methoxy groups -OCH3 is 1. The highest BCUT2D eigenvalue weighted by Gasteiger charge is 2.20. The van der Waals surface area contributed by atoms with Crippen molar-refractivity contribution in [3.63, 3.8) is 0 Å². The zero-order valence-corrected chi connectivity index (χ0v) is 22.0. The fourth-order valence-corrected chi connectivity index (χ4v) is 4.06. The molecule has 2 aromatic rings. The fraction of sp³-hybridized carbons (Fsp3) is 0.360. The third-order valence-electron chi connectivity index (χ3n) is 4.90. The number of nitrogens with zero attached hydrogens (tertiary/aromatic N) is 3. The number of aryl methyl sites for hydroxylation is 1. The summed E-state index contributed by atoms with van der Waals surface area (Å²) in [7, 11) is 5.40. The molecule has 188 valence electrons. The van der Waals surface area contributed by atoms with E-state index in [1.165, 1.54) is 23.7 Å². The maximum Gasteiger partial charge on any atom is 0.260 e. The molecule has 4 N–H and O–H groups in total. The van der Waals surface area contributed by atoms with Crippen molar-refractivity contribution in [1.29, 1.82) is 0 Å². The molecule has 0 saturated carbocycles. The number of nitrogens with one attached hydrogen (secondary N) is 2. The van der Waals surface area contributed by atoms with E-state index in [-0.39, 0.29) is 11.5 Å². The minimum absolute atomic E-state index is 0.212. The van der Waals surface area contributed by atoms with Gasteiger partial charge >= 0.3 is 0 Å². The summed E-state index contributed by atoms with van der Waals surface area (Å²) in [6, 6.07) is 1.60. The quantitative estimate of drug-likeness (QED) is 0.245. The van der Waals surface area contributed by atoms with Crippen molar-refractivity contribution in [2.75, 3.05) is 33.1 Å². The van der Waals surface area contributed by atoms with Crippen molar-refractivity contribution in [2.24, 2.45) is 5.73 Å². The first-order valence-corrected chi connectivity index (χ1v) is 12.2.